The summed E-state index contributed by atoms with van der Waals surface area (Å²) in [5.74, 6) is 1.55. The zero-order valence-corrected chi connectivity index (χ0v) is 18.7. The van der Waals surface area contributed by atoms with Crippen LogP contribution in [-0.4, -0.2) is 40.9 Å². The number of rotatable bonds is 10. The van der Waals surface area contributed by atoms with Crippen LogP contribution in [0.25, 0.3) is 0 Å². The van der Waals surface area contributed by atoms with Crippen LogP contribution in [0.1, 0.15) is 22.4 Å². The molecular formula is C26H27N3O4. The second-order valence-corrected chi connectivity index (χ2v) is 7.48. The maximum Gasteiger partial charge on any atom is 0.143 e. The summed E-state index contributed by atoms with van der Waals surface area (Å²) in [5, 5.41) is 17.3. The van der Waals surface area contributed by atoms with Crippen molar-refractivity contribution in [3.05, 3.63) is 107 Å². The Kier molecular flexibility index (Phi) is 7.02. The fraction of sp³-hybridized carbons (Fsp3) is 0.231. The lowest BCUT2D eigenvalue weighted by Crippen LogP contribution is -2.34. The van der Waals surface area contributed by atoms with Crippen LogP contribution >= 0.6 is 0 Å². The lowest BCUT2D eigenvalue weighted by atomic mass is 9.80. The Bertz CT molecular complexity index is 1090. The highest BCUT2D eigenvalue weighted by atomic mass is 16.5. The van der Waals surface area contributed by atoms with Crippen LogP contribution in [-0.2, 0) is 23.5 Å². The van der Waals surface area contributed by atoms with Crippen LogP contribution in [0.5, 0.6) is 11.5 Å². The lowest BCUT2D eigenvalue weighted by Gasteiger charge is -2.36. The standard InChI is InChI=1S/C26H27N3O4/c1-31-24-12-8-21(9-13-24)26(20-6-4-3-5-7-20,22-10-14-25(32-2)15-11-22)33-17-16-29-18-23(19-30)27-28-29/h3-15,18,30H,16-17,19H2,1-2H3. The molecule has 0 aliphatic heterocycles. The molecule has 0 radical (unpaired) electrons. The summed E-state index contributed by atoms with van der Waals surface area (Å²) in [7, 11) is 3.30. The van der Waals surface area contributed by atoms with Crippen molar-refractivity contribution in [1.29, 1.82) is 0 Å². The average Bonchev–Trinajstić information content (AvgIpc) is 3.35. The Balaban J connectivity index is 1.79. The normalized spacial score (nSPS) is 11.4. The molecule has 0 fully saturated rings. The average molecular weight is 446 g/mol. The van der Waals surface area contributed by atoms with E-state index in [-0.39, 0.29) is 6.61 Å². The number of hydrogen-bond acceptors (Lipinski definition) is 6. The van der Waals surface area contributed by atoms with Crippen LogP contribution in [0, 0.1) is 0 Å². The van der Waals surface area contributed by atoms with Gasteiger partial charge in [0.25, 0.3) is 0 Å². The van der Waals surface area contributed by atoms with E-state index in [9.17, 15) is 5.11 Å². The molecule has 1 aromatic heterocycles. The van der Waals surface area contributed by atoms with E-state index in [2.05, 4.69) is 22.4 Å². The predicted molar refractivity (Wildman–Crippen MR) is 124 cm³/mol. The quantitative estimate of drug-likeness (QED) is 0.374. The van der Waals surface area contributed by atoms with Crippen LogP contribution < -0.4 is 9.47 Å². The van der Waals surface area contributed by atoms with Gasteiger partial charge in [0.05, 0.1) is 40.2 Å². The highest BCUT2D eigenvalue weighted by Gasteiger charge is 2.37. The van der Waals surface area contributed by atoms with Gasteiger partial charge in [-0.15, -0.1) is 5.10 Å². The van der Waals surface area contributed by atoms with Gasteiger partial charge in [-0.3, -0.25) is 0 Å². The van der Waals surface area contributed by atoms with Crippen LogP contribution in [0.2, 0.25) is 0 Å². The molecule has 0 atom stereocenters. The van der Waals surface area contributed by atoms with E-state index in [0.29, 0.717) is 18.8 Å². The Morgan fingerprint density at radius 1 is 0.788 bits per heavy atom. The first-order valence-corrected chi connectivity index (χ1v) is 10.7. The molecule has 0 unspecified atom stereocenters. The molecule has 4 rings (SSSR count). The number of hydrogen-bond donors (Lipinski definition) is 1. The summed E-state index contributed by atoms with van der Waals surface area (Å²) in [6, 6.07) is 26.0. The zero-order valence-electron chi connectivity index (χ0n) is 18.7. The number of aliphatic hydroxyl groups is 1. The summed E-state index contributed by atoms with van der Waals surface area (Å²) in [4.78, 5) is 0. The minimum absolute atomic E-state index is 0.146. The molecular weight excluding hydrogens is 418 g/mol. The monoisotopic (exact) mass is 445 g/mol. The van der Waals surface area contributed by atoms with Gasteiger partial charge in [0.1, 0.15) is 22.8 Å². The molecule has 1 N–H and O–H groups in total. The number of aliphatic hydroxyl groups excluding tert-OH is 1. The Hall–Kier alpha value is -3.68. The van der Waals surface area contributed by atoms with Gasteiger partial charge in [-0.2, -0.15) is 0 Å². The van der Waals surface area contributed by atoms with E-state index in [0.717, 1.165) is 28.2 Å². The van der Waals surface area contributed by atoms with E-state index >= 15 is 0 Å². The SMILES string of the molecule is COc1ccc(C(OCCn2cc(CO)nn2)(c2ccccc2)c2ccc(OC)cc2)cc1. The number of ether oxygens (including phenoxy) is 3. The molecule has 33 heavy (non-hydrogen) atoms. The Morgan fingerprint density at radius 3 is 1.82 bits per heavy atom. The van der Waals surface area contributed by atoms with E-state index < -0.39 is 5.60 Å². The molecule has 0 spiro atoms. The summed E-state index contributed by atoms with van der Waals surface area (Å²) < 4.78 is 19.2. The van der Waals surface area contributed by atoms with Crippen LogP contribution in [0.3, 0.4) is 0 Å². The fourth-order valence-electron chi connectivity index (χ4n) is 3.89. The van der Waals surface area contributed by atoms with Crippen molar-refractivity contribution in [3.8, 4) is 11.5 Å². The summed E-state index contributed by atoms with van der Waals surface area (Å²) in [6.45, 7) is 0.696. The second-order valence-electron chi connectivity index (χ2n) is 7.48. The first kappa shape index (κ1) is 22.5. The van der Waals surface area contributed by atoms with Crippen molar-refractivity contribution < 1.29 is 19.3 Å². The zero-order chi connectivity index (χ0) is 23.1. The van der Waals surface area contributed by atoms with Gasteiger partial charge in [-0.1, -0.05) is 59.8 Å². The first-order chi connectivity index (χ1) is 16.2. The molecule has 0 aliphatic carbocycles. The van der Waals surface area contributed by atoms with Gasteiger partial charge in [0, 0.05) is 0 Å². The van der Waals surface area contributed by atoms with Crippen molar-refractivity contribution in [1.82, 2.24) is 15.0 Å². The van der Waals surface area contributed by atoms with Gasteiger partial charge in [0.15, 0.2) is 0 Å². The van der Waals surface area contributed by atoms with Crippen molar-refractivity contribution in [2.75, 3.05) is 20.8 Å². The highest BCUT2D eigenvalue weighted by Crippen LogP contribution is 2.41. The smallest absolute Gasteiger partial charge is 0.143 e. The fourth-order valence-corrected chi connectivity index (χ4v) is 3.89. The molecule has 0 saturated carbocycles. The molecule has 170 valence electrons. The van der Waals surface area contributed by atoms with Gasteiger partial charge in [0.2, 0.25) is 0 Å². The largest absolute Gasteiger partial charge is 0.497 e. The van der Waals surface area contributed by atoms with Crippen molar-refractivity contribution >= 4 is 0 Å². The molecule has 0 bridgehead atoms. The lowest BCUT2D eigenvalue weighted by molar-refractivity contribution is 0.00691. The van der Waals surface area contributed by atoms with Gasteiger partial charge in [-0.05, 0) is 41.0 Å². The minimum atomic E-state index is -0.875. The van der Waals surface area contributed by atoms with Gasteiger partial charge < -0.3 is 19.3 Å². The van der Waals surface area contributed by atoms with Crippen molar-refractivity contribution in [2.24, 2.45) is 0 Å². The summed E-state index contributed by atoms with van der Waals surface area (Å²) in [6.07, 6.45) is 1.72. The molecule has 7 nitrogen and oxygen atoms in total. The van der Waals surface area contributed by atoms with E-state index in [1.807, 2.05) is 66.7 Å². The van der Waals surface area contributed by atoms with Gasteiger partial charge in [-0.25, -0.2) is 4.68 Å². The van der Waals surface area contributed by atoms with Crippen LogP contribution in [0.4, 0.5) is 0 Å². The number of nitrogens with zero attached hydrogens (tertiary/aromatic N) is 3. The molecule has 0 saturated heterocycles. The Morgan fingerprint density at radius 2 is 1.33 bits per heavy atom. The van der Waals surface area contributed by atoms with E-state index in [1.54, 1.807) is 25.1 Å². The molecule has 0 amide bonds. The second kappa shape index (κ2) is 10.3. The predicted octanol–water partition coefficient (Wildman–Crippen LogP) is 3.80. The Labute approximate surface area is 193 Å². The summed E-state index contributed by atoms with van der Waals surface area (Å²) in [5.41, 5.74) is 2.58. The van der Waals surface area contributed by atoms with Gasteiger partial charge >= 0.3 is 0 Å². The maximum absolute atomic E-state index is 9.27. The maximum atomic E-state index is 9.27. The molecule has 3 aromatic carbocycles. The molecule has 4 aromatic rings. The third-order valence-electron chi connectivity index (χ3n) is 5.56. The number of benzene rings is 3. The van der Waals surface area contributed by atoms with E-state index in [1.165, 1.54) is 0 Å². The number of aromatic nitrogens is 3. The topological polar surface area (TPSA) is 78.6 Å². The third kappa shape index (κ3) is 4.74. The molecule has 1 heterocycles. The first-order valence-electron chi connectivity index (χ1n) is 10.7. The van der Waals surface area contributed by atoms with Crippen LogP contribution in [0.15, 0.2) is 85.1 Å². The molecule has 7 heteroatoms. The number of methoxy groups -OCH3 is 2. The minimum Gasteiger partial charge on any atom is -0.497 e. The summed E-state index contributed by atoms with van der Waals surface area (Å²) >= 11 is 0. The molecule has 0 aliphatic rings. The van der Waals surface area contributed by atoms with Crippen molar-refractivity contribution in [2.45, 2.75) is 18.8 Å². The van der Waals surface area contributed by atoms with E-state index in [4.69, 9.17) is 14.2 Å². The van der Waals surface area contributed by atoms with Crippen molar-refractivity contribution in [3.63, 3.8) is 0 Å². The highest BCUT2D eigenvalue weighted by molar-refractivity contribution is 5.49. The third-order valence-corrected chi connectivity index (χ3v) is 5.56.